The highest BCUT2D eigenvalue weighted by atomic mass is 32.1. The van der Waals surface area contributed by atoms with Gasteiger partial charge in [-0.2, -0.15) is 11.3 Å². The van der Waals surface area contributed by atoms with Gasteiger partial charge in [0, 0.05) is 35.7 Å². The molecule has 0 aliphatic rings. The fourth-order valence-electron chi connectivity index (χ4n) is 2.74. The van der Waals surface area contributed by atoms with Crippen molar-refractivity contribution >= 4 is 33.7 Å². The van der Waals surface area contributed by atoms with Gasteiger partial charge in [0.05, 0.1) is 18.2 Å². The van der Waals surface area contributed by atoms with E-state index in [1.165, 1.54) is 11.3 Å². The average Bonchev–Trinajstić information content (AvgIpc) is 3.42. The number of thiazole rings is 1. The molecule has 0 aliphatic carbocycles. The molecule has 4 rings (SSSR count). The lowest BCUT2D eigenvalue weighted by molar-refractivity contribution is -0.116. The minimum atomic E-state index is -0.0537. The zero-order chi connectivity index (χ0) is 17.8. The predicted octanol–water partition coefficient (Wildman–Crippen LogP) is 4.69. The van der Waals surface area contributed by atoms with Crippen molar-refractivity contribution < 1.29 is 4.79 Å². The van der Waals surface area contributed by atoms with Crippen molar-refractivity contribution in [2.45, 2.75) is 12.5 Å². The van der Waals surface area contributed by atoms with E-state index in [4.69, 9.17) is 0 Å². The van der Waals surface area contributed by atoms with Crippen LogP contribution in [-0.4, -0.2) is 20.4 Å². The Morgan fingerprint density at radius 3 is 2.81 bits per heavy atom. The molecule has 0 saturated carbocycles. The second-order valence-electron chi connectivity index (χ2n) is 5.73. The minimum absolute atomic E-state index is 0.0194. The second kappa shape index (κ2) is 7.63. The predicted molar refractivity (Wildman–Crippen MR) is 105 cm³/mol. The van der Waals surface area contributed by atoms with Gasteiger partial charge in [0.2, 0.25) is 5.91 Å². The van der Waals surface area contributed by atoms with Crippen molar-refractivity contribution in [2.24, 2.45) is 0 Å². The van der Waals surface area contributed by atoms with Gasteiger partial charge in [0.1, 0.15) is 0 Å². The van der Waals surface area contributed by atoms with Crippen LogP contribution in [0.4, 0.5) is 5.13 Å². The highest BCUT2D eigenvalue weighted by Gasteiger charge is 2.18. The molecule has 0 aromatic carbocycles. The smallest absolute Gasteiger partial charge is 0.228 e. The number of nitrogens with zero attached hydrogens (tertiary/aromatic N) is 3. The normalized spacial score (nSPS) is 12.0. The van der Waals surface area contributed by atoms with Gasteiger partial charge in [0.25, 0.3) is 0 Å². The first kappa shape index (κ1) is 16.7. The molecule has 26 heavy (non-hydrogen) atoms. The molecule has 7 heteroatoms. The van der Waals surface area contributed by atoms with Crippen LogP contribution in [0.3, 0.4) is 0 Å². The highest BCUT2D eigenvalue weighted by Crippen LogP contribution is 2.27. The van der Waals surface area contributed by atoms with Crippen LogP contribution in [0.15, 0.2) is 71.3 Å². The largest absolute Gasteiger partial charge is 0.346 e. The zero-order valence-corrected chi connectivity index (χ0v) is 15.4. The fourth-order valence-corrected chi connectivity index (χ4v) is 4.18. The summed E-state index contributed by atoms with van der Waals surface area (Å²) in [6.45, 7) is 0. The molecule has 0 radical (unpaired) electrons. The Hall–Kier alpha value is -2.77. The lowest BCUT2D eigenvalue weighted by Crippen LogP contribution is -2.19. The van der Waals surface area contributed by atoms with Crippen LogP contribution < -0.4 is 5.32 Å². The SMILES string of the molecule is O=C(C[C@H](c1ccsc1)n1cccc1)Nc1nc(-c2cccnc2)cs1. The molecular formula is C19H16N4OS2. The van der Waals surface area contributed by atoms with Crippen LogP contribution in [0.5, 0.6) is 0 Å². The molecule has 0 spiro atoms. The molecule has 1 amide bonds. The van der Waals surface area contributed by atoms with Gasteiger partial charge in [-0.05, 0) is 46.7 Å². The van der Waals surface area contributed by atoms with E-state index in [2.05, 4.69) is 31.3 Å². The van der Waals surface area contributed by atoms with E-state index in [-0.39, 0.29) is 11.9 Å². The van der Waals surface area contributed by atoms with Crippen LogP contribution in [0.2, 0.25) is 0 Å². The third-order valence-electron chi connectivity index (χ3n) is 4.00. The van der Waals surface area contributed by atoms with E-state index in [0.29, 0.717) is 11.6 Å². The Balaban J connectivity index is 1.47. The number of carbonyl (C=O) groups excluding carboxylic acids is 1. The monoisotopic (exact) mass is 380 g/mol. The molecule has 1 N–H and O–H groups in total. The maximum absolute atomic E-state index is 12.6. The summed E-state index contributed by atoms with van der Waals surface area (Å²) in [4.78, 5) is 21.2. The molecular weight excluding hydrogens is 364 g/mol. The molecule has 1 atom stereocenters. The van der Waals surface area contributed by atoms with Gasteiger partial charge >= 0.3 is 0 Å². The minimum Gasteiger partial charge on any atom is -0.346 e. The summed E-state index contributed by atoms with van der Waals surface area (Å²) in [5.74, 6) is -0.0537. The number of nitrogens with one attached hydrogen (secondary N) is 1. The molecule has 0 saturated heterocycles. The highest BCUT2D eigenvalue weighted by molar-refractivity contribution is 7.14. The lowest BCUT2D eigenvalue weighted by atomic mass is 10.1. The third-order valence-corrected chi connectivity index (χ3v) is 5.46. The molecule has 4 aromatic heterocycles. The van der Waals surface area contributed by atoms with Crippen LogP contribution in [-0.2, 0) is 4.79 Å². The molecule has 4 heterocycles. The van der Waals surface area contributed by atoms with Gasteiger partial charge in [-0.1, -0.05) is 0 Å². The van der Waals surface area contributed by atoms with Crippen molar-refractivity contribution in [1.82, 2.24) is 14.5 Å². The molecule has 0 unspecified atom stereocenters. The van der Waals surface area contributed by atoms with Crippen LogP contribution in [0.25, 0.3) is 11.3 Å². The summed E-state index contributed by atoms with van der Waals surface area (Å²) in [6, 6.07) is 9.80. The Kier molecular flexibility index (Phi) is 4.90. The maximum atomic E-state index is 12.6. The van der Waals surface area contributed by atoms with Crippen molar-refractivity contribution in [1.29, 1.82) is 0 Å². The Bertz CT molecular complexity index is 928. The second-order valence-corrected chi connectivity index (χ2v) is 7.37. The van der Waals surface area contributed by atoms with E-state index >= 15 is 0 Å². The third kappa shape index (κ3) is 3.74. The summed E-state index contributed by atoms with van der Waals surface area (Å²) in [5, 5.41) is 9.57. The zero-order valence-electron chi connectivity index (χ0n) is 13.8. The summed E-state index contributed by atoms with van der Waals surface area (Å²) in [6.07, 6.45) is 7.82. The van der Waals surface area contributed by atoms with Crippen molar-refractivity contribution in [3.05, 3.63) is 76.8 Å². The fraction of sp³-hybridized carbons (Fsp3) is 0.105. The van der Waals surface area contributed by atoms with Gasteiger partial charge in [-0.15, -0.1) is 11.3 Å². The first-order valence-electron chi connectivity index (χ1n) is 8.10. The number of hydrogen-bond donors (Lipinski definition) is 1. The molecule has 5 nitrogen and oxygen atoms in total. The summed E-state index contributed by atoms with van der Waals surface area (Å²) >= 11 is 3.06. The van der Waals surface area contributed by atoms with E-state index in [1.807, 2.05) is 47.4 Å². The number of hydrogen-bond acceptors (Lipinski definition) is 5. The van der Waals surface area contributed by atoms with Crippen molar-refractivity contribution in [3.8, 4) is 11.3 Å². The molecule has 0 fully saturated rings. The maximum Gasteiger partial charge on any atom is 0.228 e. The van der Waals surface area contributed by atoms with E-state index < -0.39 is 0 Å². The lowest BCUT2D eigenvalue weighted by Gasteiger charge is -2.17. The van der Waals surface area contributed by atoms with E-state index in [1.54, 1.807) is 23.7 Å². The number of thiophene rings is 1. The van der Waals surface area contributed by atoms with Crippen molar-refractivity contribution in [3.63, 3.8) is 0 Å². The summed E-state index contributed by atoms with van der Waals surface area (Å²) in [7, 11) is 0. The van der Waals surface area contributed by atoms with Gasteiger partial charge in [-0.3, -0.25) is 9.78 Å². The molecule has 4 aromatic rings. The number of rotatable bonds is 6. The van der Waals surface area contributed by atoms with E-state index in [9.17, 15) is 4.79 Å². The molecule has 0 aliphatic heterocycles. The van der Waals surface area contributed by atoms with Crippen LogP contribution >= 0.6 is 22.7 Å². The summed E-state index contributed by atoms with van der Waals surface area (Å²) < 4.78 is 2.06. The van der Waals surface area contributed by atoms with Gasteiger partial charge in [-0.25, -0.2) is 4.98 Å². The Morgan fingerprint density at radius 1 is 1.19 bits per heavy atom. The van der Waals surface area contributed by atoms with Gasteiger partial charge < -0.3 is 9.88 Å². The van der Waals surface area contributed by atoms with Crippen molar-refractivity contribution in [2.75, 3.05) is 5.32 Å². The number of pyridine rings is 1. The van der Waals surface area contributed by atoms with E-state index in [0.717, 1.165) is 16.8 Å². The quantitative estimate of drug-likeness (QED) is 0.528. The average molecular weight is 380 g/mol. The Labute approximate surface area is 159 Å². The number of carbonyl (C=O) groups is 1. The molecule has 130 valence electrons. The molecule has 0 bridgehead atoms. The number of aromatic nitrogens is 3. The standard InChI is InChI=1S/C19H16N4OS2/c24-18(10-17(15-5-9-25-12-15)23-7-1-2-8-23)22-19-21-16(13-26-19)14-4-3-6-20-11-14/h1-9,11-13,17H,10H2,(H,21,22,24)/t17-/m1/s1. The topological polar surface area (TPSA) is 59.8 Å². The summed E-state index contributed by atoms with van der Waals surface area (Å²) in [5.41, 5.74) is 2.89. The number of anilines is 1. The Morgan fingerprint density at radius 2 is 2.08 bits per heavy atom. The first-order chi connectivity index (χ1) is 12.8. The van der Waals surface area contributed by atoms with Crippen LogP contribution in [0, 0.1) is 0 Å². The number of amides is 1. The van der Waals surface area contributed by atoms with Gasteiger partial charge in [0.15, 0.2) is 5.13 Å². The van der Waals surface area contributed by atoms with Crippen LogP contribution in [0.1, 0.15) is 18.0 Å². The first-order valence-corrected chi connectivity index (χ1v) is 9.92.